The van der Waals surface area contributed by atoms with Gasteiger partial charge in [-0.05, 0) is 41.3 Å². The minimum Gasteiger partial charge on any atom is -0.395 e. The number of halogens is 3. The highest BCUT2D eigenvalue weighted by Gasteiger charge is 2.38. The van der Waals surface area contributed by atoms with Crippen molar-refractivity contribution < 1.29 is 17.5 Å². The van der Waals surface area contributed by atoms with Crippen LogP contribution in [0.1, 0.15) is 19.3 Å². The van der Waals surface area contributed by atoms with E-state index in [0.29, 0.717) is 0 Å². The molecule has 5 nitrogen and oxygen atoms in total. The first-order valence-electron chi connectivity index (χ1n) is 6.20. The van der Waals surface area contributed by atoms with E-state index in [2.05, 4.69) is 20.7 Å². The van der Waals surface area contributed by atoms with Crippen LogP contribution in [0.25, 0.3) is 0 Å². The SMILES string of the molecule is COC1(CNS(=O)(=O)c2cc(Cl)c(Br)c(N)c2F)CCC1. The molecule has 1 aromatic carbocycles. The van der Waals surface area contributed by atoms with E-state index >= 15 is 0 Å². The highest BCUT2D eigenvalue weighted by molar-refractivity contribution is 9.10. The van der Waals surface area contributed by atoms with Gasteiger partial charge in [0.05, 0.1) is 20.8 Å². The van der Waals surface area contributed by atoms with Crippen molar-refractivity contribution in [2.24, 2.45) is 0 Å². The number of sulfonamides is 1. The number of methoxy groups -OCH3 is 1. The number of nitrogens with one attached hydrogen (secondary N) is 1. The summed E-state index contributed by atoms with van der Waals surface area (Å²) < 4.78 is 46.4. The van der Waals surface area contributed by atoms with Crippen LogP contribution in [0.5, 0.6) is 0 Å². The molecule has 118 valence electrons. The number of hydrogen-bond donors (Lipinski definition) is 2. The first kappa shape index (κ1) is 17.0. The van der Waals surface area contributed by atoms with Gasteiger partial charge in [-0.15, -0.1) is 0 Å². The van der Waals surface area contributed by atoms with Gasteiger partial charge >= 0.3 is 0 Å². The average molecular weight is 402 g/mol. The molecule has 1 aliphatic carbocycles. The Morgan fingerprint density at radius 1 is 1.57 bits per heavy atom. The van der Waals surface area contributed by atoms with Crippen molar-refractivity contribution in [3.8, 4) is 0 Å². The molecule has 1 saturated carbocycles. The summed E-state index contributed by atoms with van der Waals surface area (Å²) >= 11 is 8.84. The van der Waals surface area contributed by atoms with Crippen LogP contribution >= 0.6 is 27.5 Å². The summed E-state index contributed by atoms with van der Waals surface area (Å²) in [5.41, 5.74) is 4.66. The van der Waals surface area contributed by atoms with E-state index in [-0.39, 0.29) is 21.7 Å². The number of rotatable bonds is 5. The molecule has 1 aliphatic rings. The van der Waals surface area contributed by atoms with Gasteiger partial charge in [-0.1, -0.05) is 11.6 Å². The molecule has 0 bridgehead atoms. The second kappa shape index (κ2) is 6.00. The van der Waals surface area contributed by atoms with Crippen molar-refractivity contribution in [1.82, 2.24) is 4.72 Å². The minimum absolute atomic E-state index is 0.0272. The highest BCUT2D eigenvalue weighted by atomic mass is 79.9. The molecule has 9 heteroatoms. The van der Waals surface area contributed by atoms with Crippen molar-refractivity contribution in [2.45, 2.75) is 29.8 Å². The molecule has 2 rings (SSSR count). The van der Waals surface area contributed by atoms with Gasteiger partial charge in [0.25, 0.3) is 0 Å². The van der Waals surface area contributed by atoms with Gasteiger partial charge < -0.3 is 10.5 Å². The third-order valence-corrected chi connectivity index (χ3v) is 6.51. The number of nitrogen functional groups attached to an aromatic ring is 1. The lowest BCUT2D eigenvalue weighted by Gasteiger charge is -2.40. The smallest absolute Gasteiger partial charge is 0.243 e. The number of anilines is 1. The van der Waals surface area contributed by atoms with Crippen LogP contribution in [0.15, 0.2) is 15.4 Å². The standard InChI is InChI=1S/C12H15BrClFN2O3S/c1-20-12(3-2-4-12)6-17-21(18,19)8-5-7(14)9(13)11(16)10(8)15/h5,17H,2-4,6,16H2,1H3. The van der Waals surface area contributed by atoms with Crippen LogP contribution in [0.4, 0.5) is 10.1 Å². The second-order valence-electron chi connectivity index (χ2n) is 4.96. The van der Waals surface area contributed by atoms with E-state index in [1.165, 1.54) is 7.11 Å². The van der Waals surface area contributed by atoms with E-state index in [1.54, 1.807) is 0 Å². The quantitative estimate of drug-likeness (QED) is 0.587. The summed E-state index contributed by atoms with van der Waals surface area (Å²) in [5, 5.41) is 0.0272. The molecule has 21 heavy (non-hydrogen) atoms. The fourth-order valence-corrected chi connectivity index (χ4v) is 3.92. The molecular weight excluding hydrogens is 387 g/mol. The predicted molar refractivity (Wildman–Crippen MR) is 82.3 cm³/mol. The molecule has 3 N–H and O–H groups in total. The van der Waals surface area contributed by atoms with Crippen LogP contribution in [0.3, 0.4) is 0 Å². The zero-order valence-electron chi connectivity index (χ0n) is 11.3. The fraction of sp³-hybridized carbons (Fsp3) is 0.500. The van der Waals surface area contributed by atoms with Crippen molar-refractivity contribution in [2.75, 3.05) is 19.4 Å². The summed E-state index contributed by atoms with van der Waals surface area (Å²) in [6.45, 7) is 0.0822. The molecule has 0 saturated heterocycles. The van der Waals surface area contributed by atoms with Crippen LogP contribution in [0.2, 0.25) is 5.02 Å². The van der Waals surface area contributed by atoms with Gasteiger partial charge in [0.1, 0.15) is 4.90 Å². The van der Waals surface area contributed by atoms with Gasteiger partial charge in [0.15, 0.2) is 5.82 Å². The zero-order chi connectivity index (χ0) is 15.8. The maximum Gasteiger partial charge on any atom is 0.243 e. The van der Waals surface area contributed by atoms with E-state index in [0.717, 1.165) is 25.3 Å². The van der Waals surface area contributed by atoms with E-state index in [4.69, 9.17) is 22.1 Å². The second-order valence-corrected chi connectivity index (χ2v) is 7.90. The topological polar surface area (TPSA) is 81.4 Å². The van der Waals surface area contributed by atoms with Crippen LogP contribution in [-0.4, -0.2) is 27.7 Å². The molecule has 1 fully saturated rings. The van der Waals surface area contributed by atoms with Gasteiger partial charge in [-0.3, -0.25) is 0 Å². The molecule has 1 aromatic rings. The maximum atomic E-state index is 14.1. The van der Waals surface area contributed by atoms with Crippen LogP contribution < -0.4 is 10.5 Å². The molecule has 0 aliphatic heterocycles. The maximum absolute atomic E-state index is 14.1. The highest BCUT2D eigenvalue weighted by Crippen LogP contribution is 2.36. The van der Waals surface area contributed by atoms with Gasteiger partial charge in [-0.2, -0.15) is 0 Å². The lowest BCUT2D eigenvalue weighted by Crippen LogP contribution is -2.49. The first-order valence-corrected chi connectivity index (χ1v) is 8.86. The summed E-state index contributed by atoms with van der Waals surface area (Å²) in [5.74, 6) is -1.03. The van der Waals surface area contributed by atoms with Gasteiger partial charge in [0, 0.05) is 13.7 Å². The molecular formula is C12H15BrClFN2O3S. The molecule has 0 atom stereocenters. The Labute approximate surface area is 136 Å². The average Bonchev–Trinajstić information content (AvgIpc) is 2.39. The van der Waals surface area contributed by atoms with Crippen LogP contribution in [0, 0.1) is 5.82 Å². The molecule has 0 amide bonds. The zero-order valence-corrected chi connectivity index (χ0v) is 14.4. The molecule has 0 heterocycles. The number of benzene rings is 1. The van der Waals surface area contributed by atoms with Crippen molar-refractivity contribution in [1.29, 1.82) is 0 Å². The van der Waals surface area contributed by atoms with Gasteiger partial charge in [-0.25, -0.2) is 17.5 Å². The number of ether oxygens (including phenoxy) is 1. The van der Waals surface area contributed by atoms with Crippen LogP contribution in [-0.2, 0) is 14.8 Å². The normalized spacial score (nSPS) is 17.5. The summed E-state index contributed by atoms with van der Waals surface area (Å²) in [7, 11) is -2.53. The summed E-state index contributed by atoms with van der Waals surface area (Å²) in [4.78, 5) is -0.571. The Kier molecular flexibility index (Phi) is 4.84. The Morgan fingerprint density at radius 3 is 2.67 bits per heavy atom. The fourth-order valence-electron chi connectivity index (χ4n) is 2.12. The van der Waals surface area contributed by atoms with Crippen molar-refractivity contribution in [3.63, 3.8) is 0 Å². The number of nitrogens with two attached hydrogens (primary N) is 1. The summed E-state index contributed by atoms with van der Waals surface area (Å²) in [6.07, 6.45) is 2.50. The monoisotopic (exact) mass is 400 g/mol. The molecule has 0 unspecified atom stereocenters. The van der Waals surface area contributed by atoms with E-state index in [9.17, 15) is 12.8 Å². The molecule has 0 radical (unpaired) electrons. The van der Waals surface area contributed by atoms with E-state index in [1.807, 2.05) is 0 Å². The van der Waals surface area contributed by atoms with Gasteiger partial charge in [0.2, 0.25) is 10.0 Å². The Morgan fingerprint density at radius 2 is 2.19 bits per heavy atom. The Balaban J connectivity index is 2.28. The lowest BCUT2D eigenvalue weighted by atomic mass is 9.80. The largest absolute Gasteiger partial charge is 0.395 e. The Bertz CT molecular complexity index is 659. The van der Waals surface area contributed by atoms with Crippen molar-refractivity contribution >= 4 is 43.2 Å². The first-order chi connectivity index (χ1) is 9.72. The third-order valence-electron chi connectivity index (χ3n) is 3.73. The number of hydrogen-bond acceptors (Lipinski definition) is 4. The third kappa shape index (κ3) is 3.19. The minimum atomic E-state index is -4.06. The summed E-state index contributed by atoms with van der Waals surface area (Å²) in [6, 6.07) is 1.03. The Hall–Kier alpha value is -0.410. The molecule has 0 aromatic heterocycles. The lowest BCUT2D eigenvalue weighted by molar-refractivity contribution is -0.0659. The van der Waals surface area contributed by atoms with Crippen molar-refractivity contribution in [3.05, 3.63) is 21.4 Å². The van der Waals surface area contributed by atoms with E-state index < -0.39 is 26.3 Å². The molecule has 0 spiro atoms. The predicted octanol–water partition coefficient (Wildman–Crippen LogP) is 2.67.